The third-order valence-electron chi connectivity index (χ3n) is 3.73. The second kappa shape index (κ2) is 6.41. The van der Waals surface area contributed by atoms with Crippen LogP contribution in [-0.2, 0) is 4.79 Å². The lowest BCUT2D eigenvalue weighted by molar-refractivity contribution is -0.113. The van der Waals surface area contributed by atoms with Gasteiger partial charge in [-0.3, -0.25) is 4.79 Å². The molecule has 25 heavy (non-hydrogen) atoms. The smallest absolute Gasteiger partial charge is 0.255 e. The summed E-state index contributed by atoms with van der Waals surface area (Å²) in [4.78, 5) is 16.9. The van der Waals surface area contributed by atoms with Gasteiger partial charge < -0.3 is 10.1 Å². The first-order valence-corrected chi connectivity index (χ1v) is 7.98. The fourth-order valence-corrected chi connectivity index (χ4v) is 2.73. The summed E-state index contributed by atoms with van der Waals surface area (Å²) in [6.45, 7) is 0.192. The van der Waals surface area contributed by atoms with Gasteiger partial charge in [-0.15, -0.1) is 0 Å². The van der Waals surface area contributed by atoms with Crippen molar-refractivity contribution in [2.75, 3.05) is 11.9 Å². The lowest BCUT2D eigenvalue weighted by atomic mass is 10.1. The van der Waals surface area contributed by atoms with Gasteiger partial charge in [-0.1, -0.05) is 11.6 Å². The number of amides is 1. The minimum atomic E-state index is -0.257. The fourth-order valence-electron chi connectivity index (χ4n) is 2.55. The van der Waals surface area contributed by atoms with Crippen LogP contribution in [0.25, 0.3) is 11.9 Å². The van der Waals surface area contributed by atoms with Gasteiger partial charge in [-0.2, -0.15) is 5.10 Å². The average Bonchev–Trinajstić information content (AvgIpc) is 3.16. The van der Waals surface area contributed by atoms with Crippen molar-refractivity contribution in [2.24, 2.45) is 0 Å². The van der Waals surface area contributed by atoms with Crippen LogP contribution in [0.3, 0.4) is 0 Å². The maximum Gasteiger partial charge on any atom is 0.255 e. The molecule has 7 heteroatoms. The summed E-state index contributed by atoms with van der Waals surface area (Å²) in [7, 11) is 0. The summed E-state index contributed by atoms with van der Waals surface area (Å²) < 4.78 is 7.23. The van der Waals surface area contributed by atoms with E-state index in [1.807, 2.05) is 0 Å². The molecule has 3 aromatic rings. The summed E-state index contributed by atoms with van der Waals surface area (Å²) in [5.41, 5.74) is 1.85. The second-order valence-electron chi connectivity index (χ2n) is 5.42. The van der Waals surface area contributed by atoms with Crippen molar-refractivity contribution >= 4 is 29.3 Å². The maximum absolute atomic E-state index is 12.6. The number of fused-ring (bicyclic) bond motifs is 1. The van der Waals surface area contributed by atoms with Gasteiger partial charge in [0.2, 0.25) is 0 Å². The predicted octanol–water partition coefficient (Wildman–Crippen LogP) is 3.34. The lowest BCUT2D eigenvalue weighted by Gasteiger charge is -2.18. The zero-order chi connectivity index (χ0) is 17.2. The molecule has 0 atom stereocenters. The van der Waals surface area contributed by atoms with E-state index in [1.54, 1.807) is 65.7 Å². The quantitative estimate of drug-likeness (QED) is 0.785. The van der Waals surface area contributed by atoms with Gasteiger partial charge in [0, 0.05) is 29.2 Å². The summed E-state index contributed by atoms with van der Waals surface area (Å²) >= 11 is 6.01. The van der Waals surface area contributed by atoms with E-state index in [1.165, 1.54) is 0 Å². The number of carbonyl (C=O) groups is 1. The second-order valence-corrected chi connectivity index (χ2v) is 5.86. The van der Waals surface area contributed by atoms with Crippen LogP contribution in [0.2, 0.25) is 5.02 Å². The topological polar surface area (TPSA) is 69.0 Å². The van der Waals surface area contributed by atoms with Crippen molar-refractivity contribution < 1.29 is 9.53 Å². The van der Waals surface area contributed by atoms with Crippen LogP contribution in [0.1, 0.15) is 5.56 Å². The molecular formula is C18H13ClN4O2. The molecule has 0 saturated heterocycles. The molecule has 3 heterocycles. The normalized spacial score (nSPS) is 12.8. The highest BCUT2D eigenvalue weighted by Crippen LogP contribution is 2.29. The highest BCUT2D eigenvalue weighted by atomic mass is 35.5. The van der Waals surface area contributed by atoms with Gasteiger partial charge in [0.1, 0.15) is 12.4 Å². The van der Waals surface area contributed by atoms with Crippen LogP contribution in [-0.4, -0.2) is 27.3 Å². The first-order chi connectivity index (χ1) is 12.2. The summed E-state index contributed by atoms with van der Waals surface area (Å²) in [5.74, 6) is 0.994. The number of nitrogens with zero attached hydrogens (tertiary/aromatic N) is 3. The zero-order valence-corrected chi connectivity index (χ0v) is 13.8. The molecule has 6 nitrogen and oxygen atoms in total. The molecule has 0 fully saturated rings. The Morgan fingerprint density at radius 1 is 1.24 bits per heavy atom. The van der Waals surface area contributed by atoms with Gasteiger partial charge in [0.25, 0.3) is 5.91 Å². The van der Waals surface area contributed by atoms with Crippen molar-refractivity contribution in [1.82, 2.24) is 14.8 Å². The van der Waals surface area contributed by atoms with Crippen LogP contribution in [0.4, 0.5) is 5.69 Å². The van der Waals surface area contributed by atoms with E-state index in [4.69, 9.17) is 16.3 Å². The van der Waals surface area contributed by atoms with Gasteiger partial charge >= 0.3 is 0 Å². The Balaban J connectivity index is 1.62. The zero-order valence-electron chi connectivity index (χ0n) is 13.0. The number of nitrogens with one attached hydrogen (secondary N) is 1. The van der Waals surface area contributed by atoms with Gasteiger partial charge in [0.05, 0.1) is 11.3 Å². The summed E-state index contributed by atoms with van der Waals surface area (Å²) in [6.07, 6.45) is 6.84. The van der Waals surface area contributed by atoms with Crippen molar-refractivity contribution in [1.29, 1.82) is 0 Å². The fraction of sp³-hybridized carbons (Fsp3) is 0.0556. The van der Waals surface area contributed by atoms with E-state index in [9.17, 15) is 4.79 Å². The number of benzene rings is 1. The molecule has 0 aliphatic carbocycles. The van der Waals surface area contributed by atoms with Crippen LogP contribution in [0.15, 0.2) is 60.6 Å². The SMILES string of the molecule is O=C(Nc1cccnc1-n1cccn1)C1=Cc2cc(Cl)ccc2OC1. The number of pyridine rings is 1. The Morgan fingerprint density at radius 3 is 3.00 bits per heavy atom. The first-order valence-electron chi connectivity index (χ1n) is 7.60. The molecule has 0 bridgehead atoms. The third kappa shape index (κ3) is 3.12. The molecule has 1 aromatic carbocycles. The van der Waals surface area contributed by atoms with E-state index in [0.717, 1.165) is 5.56 Å². The number of aromatic nitrogens is 3. The largest absolute Gasteiger partial charge is 0.488 e. The molecule has 1 N–H and O–H groups in total. The van der Waals surface area contributed by atoms with Crippen molar-refractivity contribution in [2.45, 2.75) is 0 Å². The molecule has 1 amide bonds. The number of hydrogen-bond donors (Lipinski definition) is 1. The van der Waals surface area contributed by atoms with E-state index >= 15 is 0 Å². The molecule has 0 spiro atoms. The average molecular weight is 353 g/mol. The number of carbonyl (C=O) groups excluding carboxylic acids is 1. The highest BCUT2D eigenvalue weighted by molar-refractivity contribution is 6.30. The molecule has 124 valence electrons. The van der Waals surface area contributed by atoms with E-state index in [-0.39, 0.29) is 12.5 Å². The molecule has 2 aromatic heterocycles. The van der Waals surface area contributed by atoms with Crippen LogP contribution < -0.4 is 10.1 Å². The standard InChI is InChI=1S/C18H13ClN4O2/c19-14-4-5-16-12(10-14)9-13(11-25-16)18(24)22-15-3-1-6-20-17(15)23-8-2-7-21-23/h1-10H,11H2,(H,22,24). The van der Waals surface area contributed by atoms with Crippen LogP contribution >= 0.6 is 11.6 Å². The third-order valence-corrected chi connectivity index (χ3v) is 3.97. The molecule has 0 saturated carbocycles. The van der Waals surface area contributed by atoms with Gasteiger partial charge in [-0.05, 0) is 42.5 Å². The molecule has 4 rings (SSSR count). The molecule has 1 aliphatic rings. The monoisotopic (exact) mass is 352 g/mol. The highest BCUT2D eigenvalue weighted by Gasteiger charge is 2.19. The Morgan fingerprint density at radius 2 is 2.16 bits per heavy atom. The minimum Gasteiger partial charge on any atom is -0.488 e. The number of halogens is 1. The van der Waals surface area contributed by atoms with E-state index < -0.39 is 0 Å². The molecule has 0 radical (unpaired) electrons. The number of ether oxygens (including phenoxy) is 1. The van der Waals surface area contributed by atoms with E-state index in [2.05, 4.69) is 15.4 Å². The molecule has 1 aliphatic heterocycles. The lowest BCUT2D eigenvalue weighted by Crippen LogP contribution is -2.22. The van der Waals surface area contributed by atoms with Crippen molar-refractivity contribution in [3.63, 3.8) is 0 Å². The number of hydrogen-bond acceptors (Lipinski definition) is 4. The molecule has 0 unspecified atom stereocenters. The minimum absolute atomic E-state index is 0.192. The Bertz CT molecular complexity index is 967. The van der Waals surface area contributed by atoms with E-state index in [0.29, 0.717) is 27.9 Å². The maximum atomic E-state index is 12.6. The Kier molecular flexibility index (Phi) is 3.95. The first kappa shape index (κ1) is 15.4. The Hall–Kier alpha value is -3.12. The van der Waals surface area contributed by atoms with Crippen molar-refractivity contribution in [3.05, 3.63) is 71.1 Å². The van der Waals surface area contributed by atoms with Crippen molar-refractivity contribution in [3.8, 4) is 11.6 Å². The van der Waals surface area contributed by atoms with Gasteiger partial charge in [-0.25, -0.2) is 9.67 Å². The number of rotatable bonds is 3. The number of anilines is 1. The van der Waals surface area contributed by atoms with Crippen LogP contribution in [0.5, 0.6) is 5.75 Å². The summed E-state index contributed by atoms with van der Waals surface area (Å²) in [5, 5.41) is 7.62. The molecular weight excluding hydrogens is 340 g/mol. The van der Waals surface area contributed by atoms with Gasteiger partial charge in [0.15, 0.2) is 5.82 Å². The Labute approximate surface area is 148 Å². The predicted molar refractivity (Wildman–Crippen MR) is 94.9 cm³/mol. The summed E-state index contributed by atoms with van der Waals surface area (Å²) in [6, 6.07) is 10.6. The van der Waals surface area contributed by atoms with Crippen LogP contribution in [0, 0.1) is 0 Å².